The molecular weight excluding hydrogens is 165 g/mol. The van der Waals surface area contributed by atoms with Gasteiger partial charge in [-0.3, -0.25) is 4.90 Å². The SMILES string of the molecule is O=C([O-])C12CC1CC1CCN12.[Na+]. The second-order valence-electron chi connectivity index (χ2n) is 3.98. The van der Waals surface area contributed by atoms with Gasteiger partial charge in [0.2, 0.25) is 0 Å². The van der Waals surface area contributed by atoms with Crippen molar-refractivity contribution in [2.24, 2.45) is 5.92 Å². The molecule has 0 radical (unpaired) electrons. The predicted octanol–water partition coefficient (Wildman–Crippen LogP) is -4.02. The molecule has 12 heavy (non-hydrogen) atoms. The Balaban J connectivity index is 0.000000563. The summed E-state index contributed by atoms with van der Waals surface area (Å²) in [4.78, 5) is 12.9. The van der Waals surface area contributed by atoms with Crippen LogP contribution in [0.1, 0.15) is 19.3 Å². The van der Waals surface area contributed by atoms with Gasteiger partial charge in [0.1, 0.15) is 0 Å². The molecule has 2 heterocycles. The maximum Gasteiger partial charge on any atom is 1.00 e. The third-order valence-electron chi connectivity index (χ3n) is 3.64. The average molecular weight is 175 g/mol. The number of piperidine rings is 1. The molecule has 0 spiro atoms. The van der Waals surface area contributed by atoms with Gasteiger partial charge in [-0.05, 0) is 25.2 Å². The van der Waals surface area contributed by atoms with Crippen molar-refractivity contribution in [2.45, 2.75) is 30.8 Å². The van der Waals surface area contributed by atoms with Crippen LogP contribution in [0.25, 0.3) is 0 Å². The maximum absolute atomic E-state index is 10.8. The summed E-state index contributed by atoms with van der Waals surface area (Å²) in [6, 6.07) is 0.589. The van der Waals surface area contributed by atoms with Crippen LogP contribution < -0.4 is 34.7 Å². The number of aliphatic carboxylic acids is 1. The Labute approximate surface area is 93.4 Å². The molecule has 3 aliphatic rings. The molecule has 0 N–H and O–H groups in total. The van der Waals surface area contributed by atoms with Gasteiger partial charge < -0.3 is 9.90 Å². The summed E-state index contributed by atoms with van der Waals surface area (Å²) in [6.45, 7) is 0.981. The van der Waals surface area contributed by atoms with Crippen LogP contribution in [0.15, 0.2) is 0 Å². The normalized spacial score (nSPS) is 48.3. The molecule has 3 rings (SSSR count). The van der Waals surface area contributed by atoms with E-state index in [0.29, 0.717) is 12.0 Å². The van der Waals surface area contributed by atoms with E-state index < -0.39 is 11.5 Å². The van der Waals surface area contributed by atoms with Crippen LogP contribution in [0.5, 0.6) is 0 Å². The second-order valence-corrected chi connectivity index (χ2v) is 3.98. The number of rotatable bonds is 1. The Morgan fingerprint density at radius 3 is 2.67 bits per heavy atom. The molecule has 4 heteroatoms. The zero-order chi connectivity index (χ0) is 7.64. The van der Waals surface area contributed by atoms with Crippen LogP contribution in [0.3, 0.4) is 0 Å². The fourth-order valence-electron chi connectivity index (χ4n) is 2.85. The van der Waals surface area contributed by atoms with E-state index in [2.05, 4.69) is 4.90 Å². The molecule has 0 aromatic rings. The smallest absolute Gasteiger partial charge is 0.548 e. The van der Waals surface area contributed by atoms with Crippen LogP contribution in [0.4, 0.5) is 0 Å². The van der Waals surface area contributed by atoms with Crippen molar-refractivity contribution in [3.63, 3.8) is 0 Å². The summed E-state index contributed by atoms with van der Waals surface area (Å²) in [5, 5.41) is 10.8. The van der Waals surface area contributed by atoms with Crippen molar-refractivity contribution in [3.8, 4) is 0 Å². The molecule has 60 valence electrons. The first-order valence-electron chi connectivity index (χ1n) is 4.23. The van der Waals surface area contributed by atoms with Crippen LogP contribution in [0, 0.1) is 5.92 Å². The third kappa shape index (κ3) is 0.782. The fourth-order valence-corrected chi connectivity index (χ4v) is 2.85. The fraction of sp³-hybridized carbons (Fsp3) is 0.875. The number of carboxylic acids is 1. The largest absolute Gasteiger partial charge is 1.00 e. The van der Waals surface area contributed by atoms with Crippen molar-refractivity contribution >= 4 is 5.97 Å². The Kier molecular flexibility index (Phi) is 1.85. The number of fused-ring (bicyclic) bond motifs is 3. The number of carboxylic acid groups (broad SMARTS) is 1. The molecule has 2 saturated heterocycles. The first-order chi connectivity index (χ1) is 5.25. The first-order valence-corrected chi connectivity index (χ1v) is 4.23. The standard InChI is InChI=1S/C8H11NO2.Na/c10-7(11)8-4-5(8)3-6-1-2-9(6)8;/h5-6H,1-4H2,(H,10,11);/q;+1/p-1. The zero-order valence-electron chi connectivity index (χ0n) is 7.25. The number of hydrogen-bond acceptors (Lipinski definition) is 3. The Morgan fingerprint density at radius 1 is 1.58 bits per heavy atom. The van der Waals surface area contributed by atoms with Crippen molar-refractivity contribution < 1.29 is 39.5 Å². The summed E-state index contributed by atoms with van der Waals surface area (Å²) in [5.74, 6) is -0.398. The summed E-state index contributed by atoms with van der Waals surface area (Å²) in [5.41, 5.74) is -0.483. The summed E-state index contributed by atoms with van der Waals surface area (Å²) < 4.78 is 0. The number of carbonyl (C=O) groups excluding carboxylic acids is 1. The third-order valence-corrected chi connectivity index (χ3v) is 3.64. The van der Waals surface area contributed by atoms with Gasteiger partial charge in [-0.2, -0.15) is 0 Å². The van der Waals surface area contributed by atoms with Crippen LogP contribution in [-0.4, -0.2) is 29.0 Å². The minimum Gasteiger partial charge on any atom is -0.548 e. The van der Waals surface area contributed by atoms with E-state index in [4.69, 9.17) is 0 Å². The van der Waals surface area contributed by atoms with Gasteiger partial charge in [-0.1, -0.05) is 0 Å². The molecule has 0 aromatic heterocycles. The summed E-state index contributed by atoms with van der Waals surface area (Å²) >= 11 is 0. The van der Waals surface area contributed by atoms with Gasteiger partial charge >= 0.3 is 29.6 Å². The molecular formula is C8H10NNaO2. The Bertz CT molecular complexity index is 245. The van der Waals surface area contributed by atoms with E-state index in [1.54, 1.807) is 0 Å². The van der Waals surface area contributed by atoms with Crippen LogP contribution in [-0.2, 0) is 4.79 Å². The van der Waals surface area contributed by atoms with Crippen LogP contribution in [0.2, 0.25) is 0 Å². The number of carbonyl (C=O) groups is 1. The van der Waals surface area contributed by atoms with Crippen LogP contribution >= 0.6 is 0 Å². The van der Waals surface area contributed by atoms with E-state index in [1.807, 2.05) is 0 Å². The Morgan fingerprint density at radius 2 is 2.33 bits per heavy atom. The van der Waals surface area contributed by atoms with Crippen molar-refractivity contribution in [3.05, 3.63) is 0 Å². The zero-order valence-corrected chi connectivity index (χ0v) is 9.25. The average Bonchev–Trinajstić information content (AvgIpc) is 2.52. The topological polar surface area (TPSA) is 43.4 Å². The van der Waals surface area contributed by atoms with E-state index in [9.17, 15) is 9.90 Å². The minimum atomic E-state index is -0.829. The summed E-state index contributed by atoms with van der Waals surface area (Å²) in [6.07, 6.45) is 3.16. The molecule has 0 amide bonds. The molecule has 2 aliphatic heterocycles. The Hall–Kier alpha value is 0.430. The molecule has 0 bridgehead atoms. The predicted molar refractivity (Wildman–Crippen MR) is 35.6 cm³/mol. The number of hydrogen-bond donors (Lipinski definition) is 0. The molecule has 1 saturated carbocycles. The van der Waals surface area contributed by atoms with E-state index in [1.165, 1.54) is 6.42 Å². The van der Waals surface area contributed by atoms with Gasteiger partial charge in [0.25, 0.3) is 0 Å². The van der Waals surface area contributed by atoms with Gasteiger partial charge in [0.05, 0.1) is 11.5 Å². The molecule has 1 aliphatic carbocycles. The minimum absolute atomic E-state index is 0. The molecule has 3 unspecified atom stereocenters. The van der Waals surface area contributed by atoms with Gasteiger partial charge in [0, 0.05) is 12.6 Å². The summed E-state index contributed by atoms with van der Waals surface area (Å²) in [7, 11) is 0. The van der Waals surface area contributed by atoms with E-state index in [0.717, 1.165) is 19.4 Å². The maximum atomic E-state index is 10.8. The molecule has 0 aromatic carbocycles. The quantitative estimate of drug-likeness (QED) is 0.381. The molecule has 3 fully saturated rings. The van der Waals surface area contributed by atoms with Crippen molar-refractivity contribution in [1.82, 2.24) is 4.90 Å². The molecule has 3 nitrogen and oxygen atoms in total. The molecule has 3 atom stereocenters. The second kappa shape index (κ2) is 2.47. The van der Waals surface area contributed by atoms with Crippen molar-refractivity contribution in [1.29, 1.82) is 0 Å². The van der Waals surface area contributed by atoms with Gasteiger partial charge in [-0.25, -0.2) is 0 Å². The van der Waals surface area contributed by atoms with Crippen molar-refractivity contribution in [2.75, 3.05) is 6.54 Å². The van der Waals surface area contributed by atoms with Gasteiger partial charge in [-0.15, -0.1) is 0 Å². The van der Waals surface area contributed by atoms with E-state index in [-0.39, 0.29) is 29.6 Å². The first kappa shape index (κ1) is 9.00. The van der Waals surface area contributed by atoms with Gasteiger partial charge in [0.15, 0.2) is 0 Å². The van der Waals surface area contributed by atoms with E-state index >= 15 is 0 Å². The monoisotopic (exact) mass is 175 g/mol. The number of nitrogens with zero attached hydrogens (tertiary/aromatic N) is 1.